The molecular formula is C14H11BrN4O. The first-order chi connectivity index (χ1) is 9.65. The maximum Gasteiger partial charge on any atom is 0.273 e. The number of fused-ring (bicyclic) bond motifs is 1. The van der Waals surface area contributed by atoms with Crippen LogP contribution in [0.5, 0.6) is 0 Å². The summed E-state index contributed by atoms with van der Waals surface area (Å²) in [5.41, 5.74) is 1.94. The van der Waals surface area contributed by atoms with Crippen LogP contribution in [0, 0.1) is 0 Å². The minimum absolute atomic E-state index is 0.206. The Balaban J connectivity index is 1.99. The van der Waals surface area contributed by atoms with Crippen LogP contribution in [0.2, 0.25) is 0 Å². The maximum absolute atomic E-state index is 12.2. The molecule has 1 amide bonds. The van der Waals surface area contributed by atoms with Crippen LogP contribution in [0.3, 0.4) is 0 Å². The molecule has 0 atom stereocenters. The number of para-hydroxylation sites is 1. The molecule has 3 aromatic rings. The van der Waals surface area contributed by atoms with Gasteiger partial charge in [0.1, 0.15) is 5.69 Å². The van der Waals surface area contributed by atoms with Crippen molar-refractivity contribution in [1.82, 2.24) is 14.5 Å². The number of rotatable bonds is 2. The molecular weight excluding hydrogens is 320 g/mol. The number of amides is 1. The predicted molar refractivity (Wildman–Crippen MR) is 80.6 cm³/mol. The van der Waals surface area contributed by atoms with Crippen molar-refractivity contribution in [3.63, 3.8) is 0 Å². The van der Waals surface area contributed by atoms with Crippen LogP contribution in [0.4, 0.5) is 5.69 Å². The first kappa shape index (κ1) is 12.8. The second kappa shape index (κ2) is 5.05. The van der Waals surface area contributed by atoms with Gasteiger partial charge in [0.2, 0.25) is 0 Å². The molecule has 20 heavy (non-hydrogen) atoms. The molecule has 0 radical (unpaired) electrons. The molecule has 0 fully saturated rings. The standard InChI is InChI=1S/C14H11BrN4O/c1-19-8-16-7-12(19)14(20)18-11-4-2-3-9-5-10(15)6-17-13(9)11/h2-8H,1H3,(H,18,20). The van der Waals surface area contributed by atoms with Gasteiger partial charge in [-0.25, -0.2) is 4.98 Å². The zero-order valence-corrected chi connectivity index (χ0v) is 12.3. The molecule has 0 saturated heterocycles. The van der Waals surface area contributed by atoms with Gasteiger partial charge in [-0.15, -0.1) is 0 Å². The van der Waals surface area contributed by atoms with E-state index in [2.05, 4.69) is 31.2 Å². The number of anilines is 1. The molecule has 2 aromatic heterocycles. The van der Waals surface area contributed by atoms with Crippen LogP contribution in [-0.4, -0.2) is 20.4 Å². The average Bonchev–Trinajstić information content (AvgIpc) is 2.85. The number of aryl methyl sites for hydroxylation is 1. The van der Waals surface area contributed by atoms with Gasteiger partial charge in [0.05, 0.1) is 23.7 Å². The van der Waals surface area contributed by atoms with Crippen molar-refractivity contribution in [3.8, 4) is 0 Å². The van der Waals surface area contributed by atoms with Gasteiger partial charge in [-0.05, 0) is 28.1 Å². The van der Waals surface area contributed by atoms with E-state index in [1.165, 1.54) is 6.20 Å². The summed E-state index contributed by atoms with van der Waals surface area (Å²) in [5.74, 6) is -0.206. The lowest BCUT2D eigenvalue weighted by atomic mass is 10.2. The quantitative estimate of drug-likeness (QED) is 0.785. The van der Waals surface area contributed by atoms with E-state index in [0.29, 0.717) is 11.4 Å². The summed E-state index contributed by atoms with van der Waals surface area (Å²) < 4.78 is 2.57. The lowest BCUT2D eigenvalue weighted by molar-refractivity contribution is 0.101. The maximum atomic E-state index is 12.2. The van der Waals surface area contributed by atoms with Gasteiger partial charge in [0, 0.05) is 23.1 Å². The number of imidazole rings is 1. The van der Waals surface area contributed by atoms with Gasteiger partial charge in [0.25, 0.3) is 5.91 Å². The highest BCUT2D eigenvalue weighted by Gasteiger charge is 2.12. The molecule has 0 aliphatic rings. The van der Waals surface area contributed by atoms with Crippen molar-refractivity contribution in [1.29, 1.82) is 0 Å². The zero-order chi connectivity index (χ0) is 14.1. The van der Waals surface area contributed by atoms with Crippen molar-refractivity contribution in [2.24, 2.45) is 7.05 Å². The van der Waals surface area contributed by atoms with E-state index in [9.17, 15) is 4.79 Å². The van der Waals surface area contributed by atoms with Crippen LogP contribution in [-0.2, 0) is 7.05 Å². The molecule has 0 aliphatic carbocycles. The van der Waals surface area contributed by atoms with Crippen molar-refractivity contribution in [3.05, 3.63) is 53.2 Å². The first-order valence-corrected chi connectivity index (χ1v) is 6.76. The fourth-order valence-corrected chi connectivity index (χ4v) is 2.35. The topological polar surface area (TPSA) is 59.8 Å². The number of benzene rings is 1. The number of carbonyl (C=O) groups excluding carboxylic acids is 1. The zero-order valence-electron chi connectivity index (χ0n) is 10.7. The molecule has 6 heteroatoms. The Kier molecular flexibility index (Phi) is 3.23. The van der Waals surface area contributed by atoms with E-state index < -0.39 is 0 Å². The molecule has 2 heterocycles. The number of nitrogens with one attached hydrogen (secondary N) is 1. The molecule has 0 unspecified atom stereocenters. The third-order valence-electron chi connectivity index (χ3n) is 2.98. The highest BCUT2D eigenvalue weighted by atomic mass is 79.9. The van der Waals surface area contributed by atoms with E-state index in [4.69, 9.17) is 0 Å². The van der Waals surface area contributed by atoms with Crippen molar-refractivity contribution < 1.29 is 4.79 Å². The third kappa shape index (κ3) is 2.30. The fourth-order valence-electron chi connectivity index (χ4n) is 2.00. The van der Waals surface area contributed by atoms with E-state index in [-0.39, 0.29) is 5.91 Å². The molecule has 0 spiro atoms. The molecule has 100 valence electrons. The second-order valence-corrected chi connectivity index (χ2v) is 5.29. The van der Waals surface area contributed by atoms with E-state index in [0.717, 1.165) is 15.4 Å². The monoisotopic (exact) mass is 330 g/mol. The number of hydrogen-bond donors (Lipinski definition) is 1. The molecule has 0 bridgehead atoms. The van der Waals surface area contributed by atoms with Crippen LogP contribution < -0.4 is 5.32 Å². The number of hydrogen-bond acceptors (Lipinski definition) is 3. The third-order valence-corrected chi connectivity index (χ3v) is 3.41. The summed E-state index contributed by atoms with van der Waals surface area (Å²) >= 11 is 3.39. The Morgan fingerprint density at radius 2 is 2.20 bits per heavy atom. The van der Waals surface area contributed by atoms with Crippen LogP contribution in [0.25, 0.3) is 10.9 Å². The lowest BCUT2D eigenvalue weighted by Gasteiger charge is -2.08. The normalized spacial score (nSPS) is 10.7. The smallest absolute Gasteiger partial charge is 0.273 e. The Morgan fingerprint density at radius 1 is 1.35 bits per heavy atom. The Hall–Kier alpha value is -2.21. The molecule has 1 aromatic carbocycles. The molecule has 5 nitrogen and oxygen atoms in total. The summed E-state index contributed by atoms with van der Waals surface area (Å²) in [5, 5.41) is 3.83. The number of halogens is 1. The summed E-state index contributed by atoms with van der Waals surface area (Å²) in [6.45, 7) is 0. The van der Waals surface area contributed by atoms with E-state index in [1.54, 1.807) is 24.1 Å². The SMILES string of the molecule is Cn1cncc1C(=O)Nc1cccc2cc(Br)cnc12. The molecule has 3 rings (SSSR count). The van der Waals surface area contributed by atoms with Gasteiger partial charge in [-0.2, -0.15) is 0 Å². The highest BCUT2D eigenvalue weighted by molar-refractivity contribution is 9.10. The summed E-state index contributed by atoms with van der Waals surface area (Å²) in [6, 6.07) is 7.63. The largest absolute Gasteiger partial charge is 0.330 e. The molecule has 0 aliphatic heterocycles. The first-order valence-electron chi connectivity index (χ1n) is 5.97. The van der Waals surface area contributed by atoms with Crippen molar-refractivity contribution in [2.75, 3.05) is 5.32 Å². The number of aromatic nitrogens is 3. The Bertz CT molecular complexity index is 797. The summed E-state index contributed by atoms with van der Waals surface area (Å²) in [4.78, 5) is 20.5. The van der Waals surface area contributed by atoms with Crippen LogP contribution in [0.1, 0.15) is 10.5 Å². The van der Waals surface area contributed by atoms with Crippen LogP contribution >= 0.6 is 15.9 Å². The average molecular weight is 331 g/mol. The molecule has 1 N–H and O–H groups in total. The van der Waals surface area contributed by atoms with Crippen LogP contribution in [0.15, 0.2) is 47.5 Å². The minimum Gasteiger partial charge on any atom is -0.330 e. The van der Waals surface area contributed by atoms with E-state index >= 15 is 0 Å². The Labute approximate surface area is 123 Å². The number of pyridine rings is 1. The van der Waals surface area contributed by atoms with Gasteiger partial charge in [-0.3, -0.25) is 9.78 Å². The minimum atomic E-state index is -0.206. The summed E-state index contributed by atoms with van der Waals surface area (Å²) in [7, 11) is 1.78. The van der Waals surface area contributed by atoms with Gasteiger partial charge in [-0.1, -0.05) is 12.1 Å². The lowest BCUT2D eigenvalue weighted by Crippen LogP contribution is -2.15. The number of nitrogens with zero attached hydrogens (tertiary/aromatic N) is 3. The van der Waals surface area contributed by atoms with Gasteiger partial charge < -0.3 is 9.88 Å². The second-order valence-electron chi connectivity index (χ2n) is 4.37. The van der Waals surface area contributed by atoms with Gasteiger partial charge in [0.15, 0.2) is 0 Å². The molecule has 0 saturated carbocycles. The van der Waals surface area contributed by atoms with E-state index in [1.807, 2.05) is 24.3 Å². The fraction of sp³-hybridized carbons (Fsp3) is 0.0714. The van der Waals surface area contributed by atoms with Crippen molar-refractivity contribution >= 4 is 38.4 Å². The Morgan fingerprint density at radius 3 is 2.95 bits per heavy atom. The number of carbonyl (C=O) groups is 1. The van der Waals surface area contributed by atoms with Gasteiger partial charge >= 0.3 is 0 Å². The van der Waals surface area contributed by atoms with Crippen molar-refractivity contribution in [2.45, 2.75) is 0 Å². The predicted octanol–water partition coefficient (Wildman–Crippen LogP) is 2.98. The highest BCUT2D eigenvalue weighted by Crippen LogP contribution is 2.24. The summed E-state index contributed by atoms with van der Waals surface area (Å²) in [6.07, 6.45) is 4.83.